The van der Waals surface area contributed by atoms with Crippen LogP contribution in [0.5, 0.6) is 0 Å². The van der Waals surface area contributed by atoms with Gasteiger partial charge in [-0.25, -0.2) is 0 Å². The van der Waals surface area contributed by atoms with Crippen LogP contribution in [0, 0.1) is 17.8 Å². The van der Waals surface area contributed by atoms with Crippen molar-refractivity contribution in [1.82, 2.24) is 5.32 Å². The van der Waals surface area contributed by atoms with Gasteiger partial charge in [0.25, 0.3) is 0 Å². The minimum absolute atomic E-state index is 0.351. The lowest BCUT2D eigenvalue weighted by Crippen LogP contribution is -2.29. The Morgan fingerprint density at radius 3 is 2.61 bits per heavy atom. The number of nitrogens with two attached hydrogens (primary N) is 2. The smallest absolute Gasteiger partial charge is 0.0964 e. The molecule has 100 valence electrons. The summed E-state index contributed by atoms with van der Waals surface area (Å²) in [7, 11) is 0. The fraction of sp³-hybridized carbons (Fsp3) is 0.467. The van der Waals surface area contributed by atoms with Crippen LogP contribution < -0.4 is 16.8 Å². The molecular formula is C15H25N3. The molecule has 1 heterocycles. The summed E-state index contributed by atoms with van der Waals surface area (Å²) in [5, 5.41) is 3.03. The molecule has 3 heteroatoms. The summed E-state index contributed by atoms with van der Waals surface area (Å²) in [5.41, 5.74) is 14.7. The maximum atomic E-state index is 6.24. The van der Waals surface area contributed by atoms with Gasteiger partial charge in [-0.3, -0.25) is 0 Å². The summed E-state index contributed by atoms with van der Waals surface area (Å²) in [6.07, 6.45) is 4.85. The van der Waals surface area contributed by atoms with Crippen molar-refractivity contribution < 1.29 is 0 Å². The van der Waals surface area contributed by atoms with E-state index in [0.717, 1.165) is 12.1 Å². The molecule has 1 aliphatic heterocycles. The van der Waals surface area contributed by atoms with Crippen molar-refractivity contribution >= 4 is 0 Å². The van der Waals surface area contributed by atoms with Crippen LogP contribution in [-0.4, -0.2) is 0 Å². The Balaban J connectivity index is 3.15. The summed E-state index contributed by atoms with van der Waals surface area (Å²) in [6.45, 7) is 14.3. The van der Waals surface area contributed by atoms with E-state index >= 15 is 0 Å². The summed E-state index contributed by atoms with van der Waals surface area (Å²) in [4.78, 5) is 0. The Morgan fingerprint density at radius 1 is 1.44 bits per heavy atom. The molecular weight excluding hydrogens is 222 g/mol. The van der Waals surface area contributed by atoms with E-state index in [9.17, 15) is 0 Å². The van der Waals surface area contributed by atoms with Crippen LogP contribution in [0.4, 0.5) is 0 Å². The van der Waals surface area contributed by atoms with Gasteiger partial charge in [-0.15, -0.1) is 6.58 Å². The van der Waals surface area contributed by atoms with E-state index in [4.69, 9.17) is 11.5 Å². The predicted octanol–water partition coefficient (Wildman–Crippen LogP) is 2.60. The molecule has 0 aromatic heterocycles. The number of nitrogens with one attached hydrogen (secondary N) is 1. The first-order chi connectivity index (χ1) is 8.38. The van der Waals surface area contributed by atoms with Gasteiger partial charge in [0, 0.05) is 0 Å². The minimum Gasteiger partial charge on any atom is -0.397 e. The summed E-state index contributed by atoms with van der Waals surface area (Å²) in [5.74, 6) is 1.72. The van der Waals surface area contributed by atoms with Crippen LogP contribution in [0.2, 0.25) is 0 Å². The number of hydrogen-bond donors (Lipinski definition) is 3. The van der Waals surface area contributed by atoms with Crippen molar-refractivity contribution in [2.45, 2.75) is 27.2 Å². The lowest BCUT2D eigenvalue weighted by Gasteiger charge is -2.29. The van der Waals surface area contributed by atoms with Crippen molar-refractivity contribution in [3.8, 4) is 0 Å². The van der Waals surface area contributed by atoms with E-state index in [1.54, 1.807) is 0 Å². The van der Waals surface area contributed by atoms with Crippen LogP contribution >= 0.6 is 0 Å². The molecule has 0 saturated heterocycles. The molecule has 3 atom stereocenters. The zero-order chi connectivity index (χ0) is 13.9. The maximum Gasteiger partial charge on any atom is 0.0964 e. The molecule has 0 spiro atoms. The molecule has 0 aliphatic carbocycles. The van der Waals surface area contributed by atoms with Crippen molar-refractivity contribution in [3.63, 3.8) is 0 Å². The highest BCUT2D eigenvalue weighted by molar-refractivity contribution is 5.35. The van der Waals surface area contributed by atoms with Crippen LogP contribution in [0.3, 0.4) is 0 Å². The average Bonchev–Trinajstić information content (AvgIpc) is 2.34. The Kier molecular flexibility index (Phi) is 4.65. The zero-order valence-electron chi connectivity index (χ0n) is 11.7. The summed E-state index contributed by atoms with van der Waals surface area (Å²) >= 11 is 0. The minimum atomic E-state index is 0.351. The maximum absolute atomic E-state index is 6.24. The Labute approximate surface area is 110 Å². The SMILES string of the molecule is C=CC(C)C(C)/C1=C(\N)C(=C)N/C(N)=C/CC1C. The van der Waals surface area contributed by atoms with E-state index in [1.165, 1.54) is 5.57 Å². The molecule has 3 nitrogen and oxygen atoms in total. The van der Waals surface area contributed by atoms with E-state index in [-0.39, 0.29) is 0 Å². The fourth-order valence-corrected chi connectivity index (χ4v) is 2.34. The average molecular weight is 247 g/mol. The molecule has 0 saturated carbocycles. The van der Waals surface area contributed by atoms with Gasteiger partial charge in [-0.2, -0.15) is 0 Å². The van der Waals surface area contributed by atoms with Crippen LogP contribution in [0.15, 0.2) is 48.1 Å². The molecule has 5 N–H and O–H groups in total. The second-order valence-electron chi connectivity index (χ2n) is 5.15. The molecule has 0 amide bonds. The summed E-state index contributed by atoms with van der Waals surface area (Å²) < 4.78 is 0. The lowest BCUT2D eigenvalue weighted by atomic mass is 9.79. The molecule has 1 rings (SSSR count). The lowest BCUT2D eigenvalue weighted by molar-refractivity contribution is 0.462. The quantitative estimate of drug-likeness (QED) is 0.672. The topological polar surface area (TPSA) is 64.1 Å². The van der Waals surface area contributed by atoms with Gasteiger partial charge in [-0.1, -0.05) is 33.4 Å². The first-order valence-corrected chi connectivity index (χ1v) is 6.42. The van der Waals surface area contributed by atoms with Gasteiger partial charge < -0.3 is 16.8 Å². The third-order valence-corrected chi connectivity index (χ3v) is 3.80. The van der Waals surface area contributed by atoms with Gasteiger partial charge >= 0.3 is 0 Å². The van der Waals surface area contributed by atoms with Gasteiger partial charge in [0.05, 0.1) is 17.2 Å². The largest absolute Gasteiger partial charge is 0.397 e. The molecule has 18 heavy (non-hydrogen) atoms. The Hall–Kier alpha value is -1.64. The third kappa shape index (κ3) is 2.97. The molecule has 3 unspecified atom stereocenters. The van der Waals surface area contributed by atoms with Crippen molar-refractivity contribution in [2.24, 2.45) is 29.2 Å². The van der Waals surface area contributed by atoms with Crippen molar-refractivity contribution in [3.05, 3.63) is 48.1 Å². The van der Waals surface area contributed by atoms with Gasteiger partial charge in [-0.05, 0) is 35.8 Å². The monoisotopic (exact) mass is 247 g/mol. The second kappa shape index (κ2) is 5.80. The number of allylic oxidation sites excluding steroid dienone is 3. The second-order valence-corrected chi connectivity index (χ2v) is 5.15. The molecule has 1 aliphatic rings. The highest BCUT2D eigenvalue weighted by Gasteiger charge is 2.24. The molecule has 0 fully saturated rings. The predicted molar refractivity (Wildman–Crippen MR) is 78.1 cm³/mol. The van der Waals surface area contributed by atoms with Gasteiger partial charge in [0.1, 0.15) is 0 Å². The molecule has 0 radical (unpaired) electrons. The first-order valence-electron chi connectivity index (χ1n) is 6.42. The van der Waals surface area contributed by atoms with Crippen molar-refractivity contribution in [2.75, 3.05) is 0 Å². The summed E-state index contributed by atoms with van der Waals surface area (Å²) in [6, 6.07) is 0. The van der Waals surface area contributed by atoms with Crippen LogP contribution in [0.25, 0.3) is 0 Å². The highest BCUT2D eigenvalue weighted by Crippen LogP contribution is 2.33. The van der Waals surface area contributed by atoms with Gasteiger partial charge in [0.2, 0.25) is 0 Å². The van der Waals surface area contributed by atoms with Crippen LogP contribution in [0.1, 0.15) is 27.2 Å². The Morgan fingerprint density at radius 2 is 2.06 bits per heavy atom. The molecule has 0 bridgehead atoms. The van der Waals surface area contributed by atoms with E-state index in [2.05, 4.69) is 39.2 Å². The van der Waals surface area contributed by atoms with Crippen LogP contribution in [-0.2, 0) is 0 Å². The highest BCUT2D eigenvalue weighted by atomic mass is 15.0. The molecule has 0 aromatic rings. The zero-order valence-corrected chi connectivity index (χ0v) is 11.7. The number of rotatable bonds is 3. The first kappa shape index (κ1) is 14.4. The van der Waals surface area contributed by atoms with E-state index in [0.29, 0.717) is 29.3 Å². The third-order valence-electron chi connectivity index (χ3n) is 3.80. The van der Waals surface area contributed by atoms with Crippen molar-refractivity contribution in [1.29, 1.82) is 0 Å². The standard InChI is InChI=1S/C15H25N3/c1-6-9(2)11(4)14-10(3)7-8-13(16)18-12(5)15(14)17/h6,8-11,18H,1,5,7,16-17H2,2-4H3/b13-8+,15-14-. The fourth-order valence-electron chi connectivity index (χ4n) is 2.34. The van der Waals surface area contributed by atoms with E-state index < -0.39 is 0 Å². The molecule has 0 aromatic carbocycles. The van der Waals surface area contributed by atoms with Gasteiger partial charge in [0.15, 0.2) is 0 Å². The Bertz CT molecular complexity index is 404. The van der Waals surface area contributed by atoms with E-state index in [1.807, 2.05) is 12.2 Å². The number of hydrogen-bond acceptors (Lipinski definition) is 3. The normalized spacial score (nSPS) is 31.4.